The number of rotatable bonds is 7. The molecular formula is C17H30N4. The Hall–Kier alpha value is -1.32. The Morgan fingerprint density at radius 2 is 1.62 bits per heavy atom. The van der Waals surface area contributed by atoms with Crippen molar-refractivity contribution in [2.24, 2.45) is 10.8 Å². The Balaban J connectivity index is 2.16. The molecule has 21 heavy (non-hydrogen) atoms. The number of nitrogens with one attached hydrogen (secondary N) is 2. The molecule has 0 amide bonds. The van der Waals surface area contributed by atoms with Crippen LogP contribution in [-0.2, 0) is 6.42 Å². The van der Waals surface area contributed by atoms with Gasteiger partial charge >= 0.3 is 0 Å². The smallest absolute Gasteiger partial charge is 0.133 e. The lowest BCUT2D eigenvalue weighted by molar-refractivity contribution is 0.457. The second kappa shape index (κ2) is 5.82. The molecule has 0 unspecified atom stereocenters. The van der Waals surface area contributed by atoms with E-state index in [0.29, 0.717) is 16.9 Å². The van der Waals surface area contributed by atoms with Crippen LogP contribution in [0.2, 0.25) is 0 Å². The Morgan fingerprint density at radius 1 is 1.00 bits per heavy atom. The van der Waals surface area contributed by atoms with E-state index in [2.05, 4.69) is 62.1 Å². The third kappa shape index (κ3) is 3.14. The average molecular weight is 290 g/mol. The minimum absolute atomic E-state index is 0.305. The summed E-state index contributed by atoms with van der Waals surface area (Å²) in [6.45, 7) is 14.5. The number of hydrogen-bond acceptors (Lipinski definition) is 4. The maximum Gasteiger partial charge on any atom is 0.133 e. The van der Waals surface area contributed by atoms with Gasteiger partial charge in [0.25, 0.3) is 0 Å². The first-order valence-electron chi connectivity index (χ1n) is 8.21. The van der Waals surface area contributed by atoms with Gasteiger partial charge in [0.2, 0.25) is 0 Å². The van der Waals surface area contributed by atoms with E-state index in [0.717, 1.165) is 43.3 Å². The molecule has 1 fully saturated rings. The number of hydrogen-bond donors (Lipinski definition) is 2. The Morgan fingerprint density at radius 3 is 2.14 bits per heavy atom. The highest BCUT2D eigenvalue weighted by Gasteiger charge is 2.65. The molecule has 1 aromatic rings. The van der Waals surface area contributed by atoms with E-state index in [1.807, 2.05) is 6.07 Å². The van der Waals surface area contributed by atoms with Crippen molar-refractivity contribution in [3.8, 4) is 0 Å². The van der Waals surface area contributed by atoms with Gasteiger partial charge < -0.3 is 10.6 Å². The monoisotopic (exact) mass is 290 g/mol. The quantitative estimate of drug-likeness (QED) is 0.794. The molecule has 4 heteroatoms. The first-order chi connectivity index (χ1) is 9.82. The summed E-state index contributed by atoms with van der Waals surface area (Å²) in [7, 11) is 0. The van der Waals surface area contributed by atoms with Gasteiger partial charge in [-0.2, -0.15) is 0 Å². The van der Waals surface area contributed by atoms with Crippen molar-refractivity contribution in [2.75, 3.05) is 17.2 Å². The number of nitrogens with zero attached hydrogens (tertiary/aromatic N) is 2. The van der Waals surface area contributed by atoms with Gasteiger partial charge in [0.05, 0.1) is 0 Å². The zero-order chi connectivity index (χ0) is 15.7. The van der Waals surface area contributed by atoms with Crippen LogP contribution in [0.1, 0.15) is 60.2 Å². The van der Waals surface area contributed by atoms with Gasteiger partial charge in [0.15, 0.2) is 0 Å². The number of aryl methyl sites for hydroxylation is 1. The lowest BCUT2D eigenvalue weighted by Crippen LogP contribution is -2.14. The zero-order valence-electron chi connectivity index (χ0n) is 14.4. The minimum atomic E-state index is 0.305. The fourth-order valence-corrected chi connectivity index (χ4v) is 2.96. The van der Waals surface area contributed by atoms with Crippen molar-refractivity contribution in [1.82, 2.24) is 9.97 Å². The van der Waals surface area contributed by atoms with Crippen LogP contribution in [0.3, 0.4) is 0 Å². The molecule has 0 aliphatic heterocycles. The summed E-state index contributed by atoms with van der Waals surface area (Å²) < 4.78 is 0. The SMILES string of the molecule is CCCNc1cc(NC2C(C)(C)C2(C)C)nc(CCC)n1. The van der Waals surface area contributed by atoms with E-state index in [-0.39, 0.29) is 0 Å². The third-order valence-corrected chi connectivity index (χ3v) is 5.12. The predicted octanol–water partition coefficient (Wildman–Crippen LogP) is 4.10. The van der Waals surface area contributed by atoms with E-state index in [1.165, 1.54) is 0 Å². The van der Waals surface area contributed by atoms with Crippen LogP contribution in [0.4, 0.5) is 11.6 Å². The molecule has 1 heterocycles. The molecule has 2 rings (SSSR count). The van der Waals surface area contributed by atoms with Crippen LogP contribution in [0.25, 0.3) is 0 Å². The molecule has 118 valence electrons. The van der Waals surface area contributed by atoms with Crippen LogP contribution in [0.15, 0.2) is 6.07 Å². The highest BCUT2D eigenvalue weighted by Crippen LogP contribution is 2.63. The number of anilines is 2. The van der Waals surface area contributed by atoms with Crippen LogP contribution in [0.5, 0.6) is 0 Å². The lowest BCUT2D eigenvalue weighted by Gasteiger charge is -2.12. The molecule has 0 radical (unpaired) electrons. The third-order valence-electron chi connectivity index (χ3n) is 5.12. The van der Waals surface area contributed by atoms with Crippen LogP contribution in [0, 0.1) is 10.8 Å². The molecule has 1 aliphatic rings. The summed E-state index contributed by atoms with van der Waals surface area (Å²) in [6, 6.07) is 2.51. The molecule has 0 atom stereocenters. The highest BCUT2D eigenvalue weighted by molar-refractivity contribution is 5.50. The maximum absolute atomic E-state index is 4.68. The molecule has 0 aromatic carbocycles. The summed E-state index contributed by atoms with van der Waals surface area (Å²) in [5.74, 6) is 2.82. The molecule has 2 N–H and O–H groups in total. The summed E-state index contributed by atoms with van der Waals surface area (Å²) in [6.07, 6.45) is 3.09. The summed E-state index contributed by atoms with van der Waals surface area (Å²) in [5, 5.41) is 7.00. The molecule has 4 nitrogen and oxygen atoms in total. The normalized spacial score (nSPS) is 19.3. The van der Waals surface area contributed by atoms with Crippen molar-refractivity contribution in [1.29, 1.82) is 0 Å². The lowest BCUT2D eigenvalue weighted by atomic mass is 10.0. The van der Waals surface area contributed by atoms with Crippen LogP contribution < -0.4 is 10.6 Å². The van der Waals surface area contributed by atoms with Gasteiger partial charge in [-0.05, 0) is 23.7 Å². The summed E-state index contributed by atoms with van der Waals surface area (Å²) >= 11 is 0. The molecular weight excluding hydrogens is 260 g/mol. The summed E-state index contributed by atoms with van der Waals surface area (Å²) in [5.41, 5.74) is 0.611. The molecule has 1 aromatic heterocycles. The van der Waals surface area contributed by atoms with E-state index < -0.39 is 0 Å². The predicted molar refractivity (Wildman–Crippen MR) is 89.8 cm³/mol. The maximum atomic E-state index is 4.68. The topological polar surface area (TPSA) is 49.8 Å². The number of aromatic nitrogens is 2. The molecule has 1 aliphatic carbocycles. The second-order valence-corrected chi connectivity index (χ2v) is 7.25. The van der Waals surface area contributed by atoms with Gasteiger partial charge in [0.1, 0.15) is 17.5 Å². The standard InChI is InChI=1S/C17H30N4/c1-7-9-12-19-13(18-10-8-2)11-14(20-12)21-15-16(3,4)17(15,5)6/h11,15H,7-10H2,1-6H3,(H2,18,19,20,21). The van der Waals surface area contributed by atoms with E-state index in [1.54, 1.807) is 0 Å². The molecule has 0 bridgehead atoms. The van der Waals surface area contributed by atoms with Crippen molar-refractivity contribution >= 4 is 11.6 Å². The molecule has 0 saturated heterocycles. The fourth-order valence-electron chi connectivity index (χ4n) is 2.96. The van der Waals surface area contributed by atoms with Crippen molar-refractivity contribution in [2.45, 2.75) is 66.8 Å². The summed E-state index contributed by atoms with van der Waals surface area (Å²) in [4.78, 5) is 9.28. The Labute approximate surface area is 129 Å². The largest absolute Gasteiger partial charge is 0.370 e. The average Bonchev–Trinajstić information content (AvgIpc) is 2.79. The molecule has 1 saturated carbocycles. The molecule has 0 spiro atoms. The first kappa shape index (κ1) is 16.1. The second-order valence-electron chi connectivity index (χ2n) is 7.25. The van der Waals surface area contributed by atoms with E-state index in [4.69, 9.17) is 0 Å². The van der Waals surface area contributed by atoms with Crippen LogP contribution in [-0.4, -0.2) is 22.6 Å². The minimum Gasteiger partial charge on any atom is -0.370 e. The Bertz CT molecular complexity index is 480. The van der Waals surface area contributed by atoms with Crippen molar-refractivity contribution < 1.29 is 0 Å². The van der Waals surface area contributed by atoms with Crippen molar-refractivity contribution in [3.63, 3.8) is 0 Å². The Kier molecular flexibility index (Phi) is 4.45. The van der Waals surface area contributed by atoms with E-state index in [9.17, 15) is 0 Å². The zero-order valence-corrected chi connectivity index (χ0v) is 14.4. The van der Waals surface area contributed by atoms with Gasteiger partial charge in [-0.25, -0.2) is 9.97 Å². The van der Waals surface area contributed by atoms with Gasteiger partial charge in [-0.1, -0.05) is 41.5 Å². The van der Waals surface area contributed by atoms with Gasteiger partial charge in [-0.3, -0.25) is 0 Å². The van der Waals surface area contributed by atoms with Crippen molar-refractivity contribution in [3.05, 3.63) is 11.9 Å². The van der Waals surface area contributed by atoms with Gasteiger partial charge in [-0.15, -0.1) is 0 Å². The van der Waals surface area contributed by atoms with E-state index >= 15 is 0 Å². The fraction of sp³-hybridized carbons (Fsp3) is 0.765. The van der Waals surface area contributed by atoms with Crippen LogP contribution >= 0.6 is 0 Å². The highest BCUT2D eigenvalue weighted by atomic mass is 15.1. The van der Waals surface area contributed by atoms with Gasteiger partial charge in [0, 0.05) is 25.1 Å². The first-order valence-corrected chi connectivity index (χ1v) is 8.21.